The molecule has 2 heterocycles. The first-order chi connectivity index (χ1) is 7.74. The SMILES string of the molecule is CCCOC(=O)c1cnc2[nH]ccc2c1Cl. The molecule has 0 radical (unpaired) electrons. The van der Waals surface area contributed by atoms with Gasteiger partial charge in [-0.05, 0) is 12.5 Å². The van der Waals surface area contributed by atoms with E-state index in [-0.39, 0.29) is 0 Å². The number of nitrogens with one attached hydrogen (secondary N) is 1. The number of halogens is 1. The molecule has 84 valence electrons. The van der Waals surface area contributed by atoms with Crippen molar-refractivity contribution in [3.63, 3.8) is 0 Å². The summed E-state index contributed by atoms with van der Waals surface area (Å²) in [5.74, 6) is -0.428. The molecular formula is C11H11ClN2O2. The highest BCUT2D eigenvalue weighted by Gasteiger charge is 2.15. The quantitative estimate of drug-likeness (QED) is 0.837. The van der Waals surface area contributed by atoms with Crippen LogP contribution in [0, 0.1) is 0 Å². The van der Waals surface area contributed by atoms with Crippen LogP contribution >= 0.6 is 11.6 Å². The van der Waals surface area contributed by atoms with Crippen molar-refractivity contribution in [1.82, 2.24) is 9.97 Å². The molecule has 0 aliphatic rings. The average Bonchev–Trinajstić information content (AvgIpc) is 2.75. The minimum Gasteiger partial charge on any atom is -0.462 e. The summed E-state index contributed by atoms with van der Waals surface area (Å²) in [4.78, 5) is 18.6. The van der Waals surface area contributed by atoms with E-state index in [0.717, 1.165) is 11.8 Å². The molecule has 5 heteroatoms. The van der Waals surface area contributed by atoms with E-state index in [1.165, 1.54) is 6.20 Å². The number of fused-ring (bicyclic) bond motifs is 1. The van der Waals surface area contributed by atoms with E-state index in [1.807, 2.05) is 6.92 Å². The zero-order valence-corrected chi connectivity index (χ0v) is 9.54. The van der Waals surface area contributed by atoms with Crippen molar-refractivity contribution in [1.29, 1.82) is 0 Å². The maximum absolute atomic E-state index is 11.6. The van der Waals surface area contributed by atoms with Crippen molar-refractivity contribution in [2.45, 2.75) is 13.3 Å². The van der Waals surface area contributed by atoms with Crippen LogP contribution in [0.1, 0.15) is 23.7 Å². The van der Waals surface area contributed by atoms with Gasteiger partial charge in [-0.15, -0.1) is 0 Å². The van der Waals surface area contributed by atoms with Crippen molar-refractivity contribution >= 4 is 28.6 Å². The maximum atomic E-state index is 11.6. The van der Waals surface area contributed by atoms with Gasteiger partial charge in [0, 0.05) is 17.8 Å². The molecule has 0 saturated heterocycles. The van der Waals surface area contributed by atoms with Gasteiger partial charge in [-0.1, -0.05) is 18.5 Å². The molecule has 0 spiro atoms. The second-order valence-electron chi connectivity index (χ2n) is 3.36. The zero-order chi connectivity index (χ0) is 11.5. The molecule has 0 aliphatic carbocycles. The summed E-state index contributed by atoms with van der Waals surface area (Å²) in [6, 6.07) is 1.78. The minimum absolute atomic E-state index is 0.308. The van der Waals surface area contributed by atoms with Gasteiger partial charge in [0.25, 0.3) is 0 Å². The summed E-state index contributed by atoms with van der Waals surface area (Å²) in [7, 11) is 0. The highest BCUT2D eigenvalue weighted by molar-refractivity contribution is 6.38. The van der Waals surface area contributed by atoms with Gasteiger partial charge in [0.05, 0.1) is 17.2 Å². The zero-order valence-electron chi connectivity index (χ0n) is 8.79. The Morgan fingerprint density at radius 2 is 2.44 bits per heavy atom. The molecule has 0 atom stereocenters. The van der Waals surface area contributed by atoms with Crippen molar-refractivity contribution in [2.75, 3.05) is 6.61 Å². The van der Waals surface area contributed by atoms with Gasteiger partial charge in [-0.25, -0.2) is 9.78 Å². The Morgan fingerprint density at radius 1 is 1.62 bits per heavy atom. The van der Waals surface area contributed by atoms with Gasteiger partial charge in [0.2, 0.25) is 0 Å². The number of carbonyl (C=O) groups is 1. The van der Waals surface area contributed by atoms with E-state index in [0.29, 0.717) is 22.8 Å². The third kappa shape index (κ3) is 1.88. The lowest BCUT2D eigenvalue weighted by atomic mass is 10.2. The van der Waals surface area contributed by atoms with Crippen LogP contribution in [0.5, 0.6) is 0 Å². The summed E-state index contributed by atoms with van der Waals surface area (Å²) in [6.45, 7) is 2.32. The fourth-order valence-corrected chi connectivity index (χ4v) is 1.67. The number of aromatic amines is 1. The maximum Gasteiger partial charge on any atom is 0.341 e. The van der Waals surface area contributed by atoms with Crippen LogP contribution in [0.25, 0.3) is 11.0 Å². The van der Waals surface area contributed by atoms with E-state index < -0.39 is 5.97 Å². The second kappa shape index (κ2) is 4.53. The van der Waals surface area contributed by atoms with Crippen LogP contribution in [-0.4, -0.2) is 22.5 Å². The summed E-state index contributed by atoms with van der Waals surface area (Å²) in [5.41, 5.74) is 0.972. The fourth-order valence-electron chi connectivity index (χ4n) is 1.39. The van der Waals surface area contributed by atoms with Crippen LogP contribution in [0.2, 0.25) is 5.02 Å². The molecule has 0 aromatic carbocycles. The Morgan fingerprint density at radius 3 is 3.19 bits per heavy atom. The van der Waals surface area contributed by atoms with Gasteiger partial charge in [-0.2, -0.15) is 0 Å². The third-order valence-electron chi connectivity index (χ3n) is 2.18. The molecule has 1 N–H and O–H groups in total. The lowest BCUT2D eigenvalue weighted by Crippen LogP contribution is -2.07. The molecule has 2 aromatic rings. The van der Waals surface area contributed by atoms with Gasteiger partial charge in [0.1, 0.15) is 5.65 Å². The highest BCUT2D eigenvalue weighted by Crippen LogP contribution is 2.25. The van der Waals surface area contributed by atoms with Crippen LogP contribution in [0.4, 0.5) is 0 Å². The number of hydrogen-bond acceptors (Lipinski definition) is 3. The van der Waals surface area contributed by atoms with Crippen LogP contribution < -0.4 is 0 Å². The largest absolute Gasteiger partial charge is 0.462 e. The standard InChI is InChI=1S/C11H11ClN2O2/c1-2-5-16-11(15)8-6-14-10-7(9(8)12)3-4-13-10/h3-4,6H,2,5H2,1H3,(H,13,14). The number of pyridine rings is 1. The number of ether oxygens (including phenoxy) is 1. The van der Waals surface area contributed by atoms with Gasteiger partial charge >= 0.3 is 5.97 Å². The smallest absolute Gasteiger partial charge is 0.341 e. The molecule has 0 unspecified atom stereocenters. The Hall–Kier alpha value is -1.55. The molecule has 0 saturated carbocycles. The summed E-state index contributed by atoms with van der Waals surface area (Å²) in [6.07, 6.45) is 3.94. The van der Waals surface area contributed by atoms with E-state index in [1.54, 1.807) is 12.3 Å². The van der Waals surface area contributed by atoms with Crippen molar-refractivity contribution in [3.05, 3.63) is 29.0 Å². The first-order valence-electron chi connectivity index (χ1n) is 5.02. The Kier molecular flexibility index (Phi) is 3.10. The molecule has 16 heavy (non-hydrogen) atoms. The van der Waals surface area contributed by atoms with Gasteiger partial charge in [0.15, 0.2) is 0 Å². The molecule has 2 rings (SSSR count). The van der Waals surface area contributed by atoms with Gasteiger partial charge < -0.3 is 9.72 Å². The van der Waals surface area contributed by atoms with Crippen LogP contribution in [0.3, 0.4) is 0 Å². The minimum atomic E-state index is -0.428. The highest BCUT2D eigenvalue weighted by atomic mass is 35.5. The third-order valence-corrected chi connectivity index (χ3v) is 2.59. The number of rotatable bonds is 3. The first kappa shape index (κ1) is 11.0. The molecule has 0 aliphatic heterocycles. The monoisotopic (exact) mass is 238 g/mol. The summed E-state index contributed by atoms with van der Waals surface area (Å²) < 4.78 is 5.01. The molecule has 0 bridgehead atoms. The van der Waals surface area contributed by atoms with Crippen LogP contribution in [-0.2, 0) is 4.74 Å². The number of hydrogen-bond donors (Lipinski definition) is 1. The first-order valence-corrected chi connectivity index (χ1v) is 5.40. The Bertz CT molecular complexity index is 522. The fraction of sp³-hybridized carbons (Fsp3) is 0.273. The van der Waals surface area contributed by atoms with Crippen molar-refractivity contribution < 1.29 is 9.53 Å². The lowest BCUT2D eigenvalue weighted by Gasteiger charge is -2.04. The Balaban J connectivity index is 2.37. The van der Waals surface area contributed by atoms with Crippen molar-refractivity contribution in [3.8, 4) is 0 Å². The second-order valence-corrected chi connectivity index (χ2v) is 3.74. The average molecular weight is 239 g/mol. The normalized spacial score (nSPS) is 10.6. The van der Waals surface area contributed by atoms with Crippen LogP contribution in [0.15, 0.2) is 18.5 Å². The molecule has 2 aromatic heterocycles. The van der Waals surface area contributed by atoms with E-state index in [9.17, 15) is 4.79 Å². The number of esters is 1. The molecule has 4 nitrogen and oxygen atoms in total. The predicted molar refractivity (Wildman–Crippen MR) is 61.7 cm³/mol. The van der Waals surface area contributed by atoms with Gasteiger partial charge in [-0.3, -0.25) is 0 Å². The van der Waals surface area contributed by atoms with E-state index in [4.69, 9.17) is 16.3 Å². The van der Waals surface area contributed by atoms with E-state index in [2.05, 4.69) is 9.97 Å². The van der Waals surface area contributed by atoms with Crippen molar-refractivity contribution in [2.24, 2.45) is 0 Å². The number of H-pyrrole nitrogens is 1. The summed E-state index contributed by atoms with van der Waals surface area (Å²) in [5, 5.41) is 1.11. The molecule has 0 fully saturated rings. The Labute approximate surface area is 97.6 Å². The molecule has 0 amide bonds. The molecular weight excluding hydrogens is 228 g/mol. The number of aromatic nitrogens is 2. The number of nitrogens with zero attached hydrogens (tertiary/aromatic N) is 1. The summed E-state index contributed by atoms with van der Waals surface area (Å²) >= 11 is 6.10. The predicted octanol–water partition coefficient (Wildman–Crippen LogP) is 2.78. The van der Waals surface area contributed by atoms with E-state index >= 15 is 0 Å². The number of carbonyl (C=O) groups excluding carboxylic acids is 1. The topological polar surface area (TPSA) is 55.0 Å². The lowest BCUT2D eigenvalue weighted by molar-refractivity contribution is 0.0505.